The first-order chi connectivity index (χ1) is 17.5. The molecule has 1 aliphatic carbocycles. The van der Waals surface area contributed by atoms with E-state index in [1.165, 1.54) is 5.57 Å². The highest BCUT2D eigenvalue weighted by molar-refractivity contribution is 9.11. The summed E-state index contributed by atoms with van der Waals surface area (Å²) in [5.41, 5.74) is 2.25. The highest BCUT2D eigenvalue weighted by Gasteiger charge is 2.27. The van der Waals surface area contributed by atoms with Crippen molar-refractivity contribution < 1.29 is 4.79 Å². The van der Waals surface area contributed by atoms with Crippen LogP contribution < -0.4 is 16.5 Å². The lowest BCUT2D eigenvalue weighted by Crippen LogP contribution is -2.53. The van der Waals surface area contributed by atoms with E-state index in [0.717, 1.165) is 34.5 Å². The molecule has 1 amide bonds. The lowest BCUT2D eigenvalue weighted by molar-refractivity contribution is -0.120. The summed E-state index contributed by atoms with van der Waals surface area (Å²) in [5, 5.41) is 10.3. The van der Waals surface area contributed by atoms with Gasteiger partial charge in [-0.25, -0.2) is 10.8 Å². The van der Waals surface area contributed by atoms with Crippen LogP contribution in [0.2, 0.25) is 0 Å². The van der Waals surface area contributed by atoms with E-state index in [1.807, 2.05) is 35.7 Å². The van der Waals surface area contributed by atoms with Gasteiger partial charge in [0.25, 0.3) is 0 Å². The predicted octanol–water partition coefficient (Wildman–Crippen LogP) is 5.34. The maximum atomic E-state index is 12.2. The monoisotopic (exact) mass is 589 g/mol. The van der Waals surface area contributed by atoms with Crippen LogP contribution in [-0.4, -0.2) is 41.8 Å². The van der Waals surface area contributed by atoms with E-state index < -0.39 is 0 Å². The van der Waals surface area contributed by atoms with Gasteiger partial charge in [0.1, 0.15) is 6.17 Å². The molecule has 9 heteroatoms. The van der Waals surface area contributed by atoms with Crippen LogP contribution in [0, 0.1) is 5.92 Å². The van der Waals surface area contributed by atoms with Gasteiger partial charge in [-0.3, -0.25) is 15.1 Å². The van der Waals surface area contributed by atoms with Crippen molar-refractivity contribution in [2.45, 2.75) is 31.8 Å². The second kappa shape index (κ2) is 15.1. The smallest absolute Gasteiger partial charge is 0.225 e. The van der Waals surface area contributed by atoms with Crippen molar-refractivity contribution in [2.75, 3.05) is 19.0 Å². The van der Waals surface area contributed by atoms with Crippen LogP contribution in [0.25, 0.3) is 0 Å². The minimum absolute atomic E-state index is 0.0506. The largest absolute Gasteiger partial charge is 0.352 e. The molecule has 0 bridgehead atoms. The Morgan fingerprint density at radius 2 is 2.19 bits per heavy atom. The minimum atomic E-state index is -0.0972. The number of thiophene rings is 1. The SMILES string of the molecule is C=C/C(Br)=C1/N=C(C/C=C\C=C/CCl)CC(NCC2C=CC=C(CNC(=O)Cc3cccs3)C2)N1N. The van der Waals surface area contributed by atoms with Gasteiger partial charge >= 0.3 is 0 Å². The van der Waals surface area contributed by atoms with Crippen molar-refractivity contribution >= 4 is 50.5 Å². The number of carbonyl (C=O) groups is 1. The molecule has 0 spiro atoms. The summed E-state index contributed by atoms with van der Waals surface area (Å²) in [6.45, 7) is 5.16. The van der Waals surface area contributed by atoms with Crippen LogP contribution in [0.4, 0.5) is 0 Å². The van der Waals surface area contributed by atoms with Gasteiger partial charge in [-0.1, -0.05) is 66.8 Å². The van der Waals surface area contributed by atoms with Crippen LogP contribution in [-0.2, 0) is 11.2 Å². The Bertz CT molecular complexity index is 1070. The maximum absolute atomic E-state index is 12.2. The number of allylic oxidation sites excluding steroid dienone is 8. The second-order valence-corrected chi connectivity index (χ2v) is 10.7. The van der Waals surface area contributed by atoms with Crippen molar-refractivity contribution in [1.29, 1.82) is 0 Å². The fourth-order valence-electron chi connectivity index (χ4n) is 3.93. The molecule has 0 fully saturated rings. The van der Waals surface area contributed by atoms with Gasteiger partial charge < -0.3 is 5.32 Å². The lowest BCUT2D eigenvalue weighted by atomic mass is 9.94. The summed E-state index contributed by atoms with van der Waals surface area (Å²) < 4.78 is 0.751. The summed E-state index contributed by atoms with van der Waals surface area (Å²) in [4.78, 5) is 18.1. The van der Waals surface area contributed by atoms with E-state index in [2.05, 4.69) is 57.4 Å². The van der Waals surface area contributed by atoms with Crippen molar-refractivity contribution in [3.05, 3.63) is 93.5 Å². The maximum Gasteiger partial charge on any atom is 0.225 e. The van der Waals surface area contributed by atoms with Crippen molar-refractivity contribution in [1.82, 2.24) is 15.6 Å². The quantitative estimate of drug-likeness (QED) is 0.174. The summed E-state index contributed by atoms with van der Waals surface area (Å²) in [6.07, 6.45) is 18.6. The zero-order valence-electron chi connectivity index (χ0n) is 20.2. The molecule has 36 heavy (non-hydrogen) atoms. The molecule has 2 heterocycles. The highest BCUT2D eigenvalue weighted by atomic mass is 79.9. The molecule has 2 aliphatic rings. The van der Waals surface area contributed by atoms with Gasteiger partial charge in [-0.15, -0.1) is 22.9 Å². The molecule has 2 unspecified atom stereocenters. The zero-order valence-corrected chi connectivity index (χ0v) is 23.4. The summed E-state index contributed by atoms with van der Waals surface area (Å²) in [6, 6.07) is 3.95. The van der Waals surface area contributed by atoms with E-state index in [1.54, 1.807) is 22.4 Å². The third-order valence-corrected chi connectivity index (χ3v) is 7.51. The molecule has 6 nitrogen and oxygen atoms in total. The van der Waals surface area contributed by atoms with Crippen molar-refractivity contribution in [2.24, 2.45) is 16.8 Å². The zero-order chi connectivity index (χ0) is 25.8. The van der Waals surface area contributed by atoms with Crippen molar-refractivity contribution in [3.8, 4) is 0 Å². The number of hydrazine groups is 1. The van der Waals surface area contributed by atoms with Gasteiger partial charge in [-0.2, -0.15) is 0 Å². The average Bonchev–Trinajstić information content (AvgIpc) is 3.40. The van der Waals surface area contributed by atoms with E-state index >= 15 is 0 Å². The van der Waals surface area contributed by atoms with Gasteiger partial charge in [0.15, 0.2) is 5.82 Å². The number of carbonyl (C=O) groups excluding carboxylic acids is 1. The van der Waals surface area contributed by atoms with Crippen molar-refractivity contribution in [3.63, 3.8) is 0 Å². The van der Waals surface area contributed by atoms with Crippen LogP contribution in [0.5, 0.6) is 0 Å². The first-order valence-electron chi connectivity index (χ1n) is 11.9. The van der Waals surface area contributed by atoms with Gasteiger partial charge in [-0.05, 0) is 39.7 Å². The molecule has 1 aliphatic heterocycles. The molecule has 0 radical (unpaired) electrons. The Kier molecular flexibility index (Phi) is 11.9. The Morgan fingerprint density at radius 3 is 2.94 bits per heavy atom. The number of aliphatic imine (C=N–C) groups is 1. The molecule has 0 saturated carbocycles. The first-order valence-corrected chi connectivity index (χ1v) is 14.1. The van der Waals surface area contributed by atoms with E-state index in [9.17, 15) is 4.79 Å². The molecule has 1 aromatic rings. The molecular weight excluding hydrogens is 558 g/mol. The third kappa shape index (κ3) is 9.01. The minimum Gasteiger partial charge on any atom is -0.352 e. The van der Waals surface area contributed by atoms with Crippen LogP contribution in [0.15, 0.2) is 93.6 Å². The van der Waals surface area contributed by atoms with E-state index in [0.29, 0.717) is 37.0 Å². The number of nitrogens with two attached hydrogens (primary N) is 1. The first kappa shape index (κ1) is 28.3. The Hall–Kier alpha value is -2.23. The summed E-state index contributed by atoms with van der Waals surface area (Å²) in [5.74, 6) is 7.95. The average molecular weight is 591 g/mol. The number of hydrogen-bond donors (Lipinski definition) is 3. The van der Waals surface area contributed by atoms with Crippen LogP contribution in [0.3, 0.4) is 0 Å². The number of amides is 1. The molecule has 3 rings (SSSR count). The van der Waals surface area contributed by atoms with E-state index in [4.69, 9.17) is 22.4 Å². The van der Waals surface area contributed by atoms with Crippen LogP contribution >= 0.6 is 38.9 Å². The fraction of sp³-hybridized carbons (Fsp3) is 0.333. The normalized spacial score (nSPS) is 21.6. The number of rotatable bonds is 12. The number of halogens is 2. The lowest BCUT2D eigenvalue weighted by Gasteiger charge is -2.35. The number of nitrogens with one attached hydrogen (secondary N) is 2. The topological polar surface area (TPSA) is 82.8 Å². The second-order valence-electron chi connectivity index (χ2n) is 8.51. The third-order valence-electron chi connectivity index (χ3n) is 5.77. The molecule has 1 aromatic heterocycles. The Balaban J connectivity index is 1.53. The Labute approximate surface area is 231 Å². The summed E-state index contributed by atoms with van der Waals surface area (Å²) in [7, 11) is 0. The summed E-state index contributed by atoms with van der Waals surface area (Å²) >= 11 is 10.8. The number of hydrogen-bond acceptors (Lipinski definition) is 6. The van der Waals surface area contributed by atoms with Gasteiger partial charge in [0.2, 0.25) is 5.91 Å². The molecule has 0 saturated heterocycles. The van der Waals surface area contributed by atoms with Gasteiger partial charge in [0, 0.05) is 42.4 Å². The van der Waals surface area contributed by atoms with E-state index in [-0.39, 0.29) is 12.1 Å². The predicted molar refractivity (Wildman–Crippen MR) is 156 cm³/mol. The number of nitrogens with zero attached hydrogens (tertiary/aromatic N) is 2. The number of alkyl halides is 1. The molecule has 4 N–H and O–H groups in total. The Morgan fingerprint density at radius 1 is 1.36 bits per heavy atom. The standard InChI is InChI=1S/C27H33BrClN5OS/c1-2-24(28)27-33-22(11-5-3-4-6-13-29)16-25(34(27)30)31-18-20-9-7-10-21(15-20)19-32-26(35)17-23-12-8-14-36-23/h2-10,12,14,20,25,31H,1,11,13,15-19,30H2,(H,32,35)/b5-3-,6-4-,27-24+. The van der Waals surface area contributed by atoms with Gasteiger partial charge in [0.05, 0.1) is 10.9 Å². The fourth-order valence-corrected chi connectivity index (χ4v) is 5.03. The molecule has 2 atom stereocenters. The molecule has 0 aromatic carbocycles. The van der Waals surface area contributed by atoms with Crippen LogP contribution in [0.1, 0.15) is 24.1 Å². The molecular formula is C27H33BrClN5OS. The highest BCUT2D eigenvalue weighted by Crippen LogP contribution is 2.25. The molecule has 192 valence electrons.